The summed E-state index contributed by atoms with van der Waals surface area (Å²) in [6.45, 7) is 36.2. The largest absolute Gasteiger partial charge is 0.310 e. The van der Waals surface area contributed by atoms with Crippen LogP contribution in [-0.4, -0.2) is 0 Å². The van der Waals surface area contributed by atoms with Crippen molar-refractivity contribution in [2.75, 3.05) is 9.80 Å². The third-order valence-electron chi connectivity index (χ3n) is 16.1. The molecule has 0 N–H and O–H groups in total. The van der Waals surface area contributed by atoms with Crippen LogP contribution in [0.4, 0.5) is 33.4 Å². The molecule has 0 saturated carbocycles. The summed E-state index contributed by atoms with van der Waals surface area (Å²) >= 11 is 8.82. The van der Waals surface area contributed by atoms with E-state index in [1.165, 1.54) is 114 Å². The molecule has 0 fully saturated rings. The van der Waals surface area contributed by atoms with Crippen molar-refractivity contribution in [3.8, 4) is 0 Å². The van der Waals surface area contributed by atoms with Crippen molar-refractivity contribution in [3.05, 3.63) is 140 Å². The van der Waals surface area contributed by atoms with Gasteiger partial charge in [-0.2, -0.15) is 0 Å². The van der Waals surface area contributed by atoms with E-state index in [1.54, 1.807) is 0 Å². The summed E-state index contributed by atoms with van der Waals surface area (Å²) in [5, 5.41) is 3.32. The summed E-state index contributed by atoms with van der Waals surface area (Å²) in [6, 6.07) is 33.3. The van der Waals surface area contributed by atoms with Crippen LogP contribution in [0.25, 0.3) is 10.1 Å². The highest BCUT2D eigenvalue weighted by atomic mass is 35.5. The van der Waals surface area contributed by atoms with Crippen molar-refractivity contribution in [2.24, 2.45) is 0 Å². The second kappa shape index (κ2) is 14.7. The minimum atomic E-state index is 0.0685. The van der Waals surface area contributed by atoms with Crippen molar-refractivity contribution < 1.29 is 0 Å². The number of halogens is 1. The minimum absolute atomic E-state index is 0.0685. The van der Waals surface area contributed by atoms with Gasteiger partial charge in [0, 0.05) is 32.5 Å². The zero-order valence-electron chi connectivity index (χ0n) is 41.0. The Labute approximate surface area is 389 Å². The van der Waals surface area contributed by atoms with Gasteiger partial charge < -0.3 is 9.80 Å². The van der Waals surface area contributed by atoms with Crippen LogP contribution in [0.1, 0.15) is 172 Å². The molecule has 0 unspecified atom stereocenters. The topological polar surface area (TPSA) is 6.48 Å². The first-order valence-corrected chi connectivity index (χ1v) is 24.8. The summed E-state index contributed by atoms with van der Waals surface area (Å²) in [5.74, 6) is 0. The molecule has 0 amide bonds. The Hall–Kier alpha value is -4.05. The number of aryl methyl sites for hydroxylation is 3. The quantitative estimate of drug-likeness (QED) is 0.164. The SMILES string of the molecule is Cc1cc(N(c2cccc(Cl)c2)c2cc3c(cc2C)C(C)(C)CCC3(C)C)cc(N(c2cc3cc4c(cc3s2)C(C)(C)CCC4(C)C)c2cc3c(cc2C)C(C)(C)CCC3(C)C)c1. The van der Waals surface area contributed by atoms with Gasteiger partial charge in [-0.25, -0.2) is 0 Å². The van der Waals surface area contributed by atoms with E-state index in [-0.39, 0.29) is 32.5 Å². The molecule has 0 spiro atoms. The average molecular weight is 876 g/mol. The van der Waals surface area contributed by atoms with Crippen molar-refractivity contribution in [2.45, 2.75) is 175 Å². The Morgan fingerprint density at radius 3 is 1.32 bits per heavy atom. The van der Waals surface area contributed by atoms with Crippen molar-refractivity contribution >= 4 is 66.5 Å². The summed E-state index contributed by atoms with van der Waals surface area (Å²) < 4.78 is 1.36. The molecule has 3 aliphatic carbocycles. The van der Waals surface area contributed by atoms with Gasteiger partial charge in [0.05, 0.1) is 5.69 Å². The normalized spacial score (nSPS) is 19.8. The molecule has 0 saturated heterocycles. The van der Waals surface area contributed by atoms with Crippen molar-refractivity contribution in [1.82, 2.24) is 0 Å². The molecule has 9 rings (SSSR count). The van der Waals surface area contributed by atoms with Crippen LogP contribution in [0.5, 0.6) is 0 Å². The molecule has 1 aromatic heterocycles. The highest BCUT2D eigenvalue weighted by Gasteiger charge is 2.41. The van der Waals surface area contributed by atoms with Gasteiger partial charge in [0.15, 0.2) is 0 Å². The van der Waals surface area contributed by atoms with E-state index >= 15 is 0 Å². The summed E-state index contributed by atoms with van der Waals surface area (Å²) in [6.07, 6.45) is 7.13. The van der Waals surface area contributed by atoms with Gasteiger partial charge in [0.1, 0.15) is 5.00 Å². The molecule has 330 valence electrons. The predicted molar refractivity (Wildman–Crippen MR) is 276 cm³/mol. The van der Waals surface area contributed by atoms with Crippen LogP contribution in [0.3, 0.4) is 0 Å². The standard InChI is InChI=1S/C59H71ClN2S/c1-36-25-42(61(41-18-16-17-40(60)31-41)50-33-47-44(27-37(50)2)54(4,5)19-22-57(47,10)11)32-43(26-36)62(51-34-48-45(28-38(51)3)55(6,7)20-23-58(48,12)13)53-30-39-29-46-49(35-52(39)63-53)59(14,15)24-21-56(46,8)9/h16-18,25-35H,19-24H2,1-15H3. The fourth-order valence-electron chi connectivity index (χ4n) is 11.5. The third-order valence-corrected chi connectivity index (χ3v) is 17.5. The van der Waals surface area contributed by atoms with Crippen LogP contribution >= 0.6 is 22.9 Å². The van der Waals surface area contributed by atoms with Crippen molar-refractivity contribution in [1.29, 1.82) is 0 Å². The van der Waals surface area contributed by atoms with Crippen molar-refractivity contribution in [3.63, 3.8) is 0 Å². The van der Waals surface area contributed by atoms with E-state index in [9.17, 15) is 0 Å². The molecule has 0 aliphatic heterocycles. The smallest absolute Gasteiger partial charge is 0.101 e. The molecule has 5 aromatic carbocycles. The lowest BCUT2D eigenvalue weighted by atomic mass is 9.63. The molecule has 2 nitrogen and oxygen atoms in total. The van der Waals surface area contributed by atoms with E-state index in [0.29, 0.717) is 0 Å². The van der Waals surface area contributed by atoms with E-state index in [4.69, 9.17) is 11.6 Å². The Bertz CT molecular complexity index is 2760. The zero-order chi connectivity index (χ0) is 45.4. The Balaban J connectivity index is 1.31. The molecule has 0 radical (unpaired) electrons. The van der Waals surface area contributed by atoms with Crippen LogP contribution in [-0.2, 0) is 32.5 Å². The first-order valence-electron chi connectivity index (χ1n) is 23.7. The fraction of sp³-hybridized carbons (Fsp3) is 0.458. The van der Waals surface area contributed by atoms with Gasteiger partial charge in [-0.15, -0.1) is 11.3 Å². The van der Waals surface area contributed by atoms with Gasteiger partial charge >= 0.3 is 0 Å². The molecule has 1 heterocycles. The number of thiophene rings is 1. The van der Waals surface area contributed by atoms with Crippen LogP contribution in [0.15, 0.2) is 84.9 Å². The van der Waals surface area contributed by atoms with E-state index < -0.39 is 0 Å². The molecular formula is C59H71ClN2S. The summed E-state index contributed by atoms with van der Waals surface area (Å²) in [5.41, 5.74) is 19.2. The number of benzene rings is 5. The van der Waals surface area contributed by atoms with Crippen LogP contribution in [0, 0.1) is 20.8 Å². The lowest BCUT2D eigenvalue weighted by Gasteiger charge is -2.43. The highest BCUT2D eigenvalue weighted by Crippen LogP contribution is 2.54. The molecule has 6 aromatic rings. The van der Waals surface area contributed by atoms with Crippen LogP contribution < -0.4 is 9.80 Å². The first kappa shape index (κ1) is 44.2. The first-order chi connectivity index (χ1) is 29.3. The second-order valence-corrected chi connectivity index (χ2v) is 25.4. The number of hydrogen-bond donors (Lipinski definition) is 0. The maximum Gasteiger partial charge on any atom is 0.101 e. The van der Waals surface area contributed by atoms with Gasteiger partial charge in [-0.05, 0) is 214 Å². The summed E-state index contributed by atoms with van der Waals surface area (Å²) in [4.78, 5) is 5.08. The highest BCUT2D eigenvalue weighted by molar-refractivity contribution is 7.23. The fourth-order valence-corrected chi connectivity index (χ4v) is 12.8. The van der Waals surface area contributed by atoms with Gasteiger partial charge in [-0.1, -0.05) is 113 Å². The van der Waals surface area contributed by atoms with Gasteiger partial charge in [0.25, 0.3) is 0 Å². The molecule has 63 heavy (non-hydrogen) atoms. The maximum atomic E-state index is 6.88. The molecule has 4 heteroatoms. The molecule has 0 atom stereocenters. The molecular weight excluding hydrogens is 804 g/mol. The van der Waals surface area contributed by atoms with Gasteiger partial charge in [-0.3, -0.25) is 0 Å². The Morgan fingerprint density at radius 1 is 0.429 bits per heavy atom. The number of fused-ring (bicyclic) bond motifs is 4. The predicted octanol–water partition coefficient (Wildman–Crippen LogP) is 18.5. The average Bonchev–Trinajstić information content (AvgIpc) is 3.61. The molecule has 0 bridgehead atoms. The Kier molecular flexibility index (Phi) is 10.3. The Morgan fingerprint density at radius 2 is 0.841 bits per heavy atom. The second-order valence-electron chi connectivity index (χ2n) is 23.9. The lowest BCUT2D eigenvalue weighted by molar-refractivity contribution is 0.332. The van der Waals surface area contributed by atoms with Crippen LogP contribution in [0.2, 0.25) is 5.02 Å². The number of hydrogen-bond acceptors (Lipinski definition) is 3. The van der Waals surface area contributed by atoms with E-state index in [1.807, 2.05) is 17.4 Å². The minimum Gasteiger partial charge on any atom is -0.310 e. The van der Waals surface area contributed by atoms with E-state index in [2.05, 4.69) is 193 Å². The van der Waals surface area contributed by atoms with E-state index in [0.717, 1.165) is 22.8 Å². The number of nitrogens with zero attached hydrogens (tertiary/aromatic N) is 2. The number of rotatable bonds is 6. The molecule has 3 aliphatic rings. The van der Waals surface area contributed by atoms with Gasteiger partial charge in [0.2, 0.25) is 0 Å². The maximum absolute atomic E-state index is 6.88. The zero-order valence-corrected chi connectivity index (χ0v) is 42.6. The lowest BCUT2D eigenvalue weighted by Crippen LogP contribution is -2.34. The number of anilines is 6. The third kappa shape index (κ3) is 7.56. The summed E-state index contributed by atoms with van der Waals surface area (Å²) in [7, 11) is 0. The monoisotopic (exact) mass is 875 g/mol.